The number of hydrogen-bond acceptors (Lipinski definition) is 4. The highest BCUT2D eigenvalue weighted by molar-refractivity contribution is 7.00. The molecule has 1 aromatic heterocycles. The first-order valence-electron chi connectivity index (χ1n) is 24.7. The van der Waals surface area contributed by atoms with Crippen LogP contribution in [0.1, 0.15) is 81.5 Å². The normalized spacial score (nSPS) is 12.9. The highest BCUT2D eigenvalue weighted by Crippen LogP contribution is 2.51. The molecule has 336 valence electrons. The number of rotatable bonds is 9. The summed E-state index contributed by atoms with van der Waals surface area (Å²) in [5, 5.41) is 2.20. The second kappa shape index (κ2) is 16.8. The van der Waals surface area contributed by atoms with Crippen molar-refractivity contribution in [1.82, 2.24) is 0 Å². The van der Waals surface area contributed by atoms with Crippen LogP contribution in [-0.4, -0.2) is 6.71 Å². The molecule has 0 N–H and O–H groups in total. The average molecular weight is 894 g/mol. The Labute approximate surface area is 407 Å². The van der Waals surface area contributed by atoms with Crippen LogP contribution in [0.5, 0.6) is 0 Å². The van der Waals surface area contributed by atoms with E-state index in [1.165, 1.54) is 61.1 Å². The van der Waals surface area contributed by atoms with E-state index in [0.29, 0.717) is 17.8 Å². The summed E-state index contributed by atoms with van der Waals surface area (Å²) in [5.41, 5.74) is 23.3. The predicted molar refractivity (Wildman–Crippen MR) is 295 cm³/mol. The molecule has 69 heavy (non-hydrogen) atoms. The molecular weight excluding hydrogens is 838 g/mol. The quantitative estimate of drug-likeness (QED) is 0.135. The second-order valence-corrected chi connectivity index (χ2v) is 20.0. The van der Waals surface area contributed by atoms with E-state index < -0.39 is 0 Å². The Morgan fingerprint density at radius 3 is 1.71 bits per heavy atom. The number of fused-ring (bicyclic) bond motifs is 7. The van der Waals surface area contributed by atoms with Crippen molar-refractivity contribution in [3.8, 4) is 11.1 Å². The molecular formula is C64H56BN3O. The first-order valence-corrected chi connectivity index (χ1v) is 24.7. The van der Waals surface area contributed by atoms with Crippen molar-refractivity contribution >= 4 is 96.2 Å². The van der Waals surface area contributed by atoms with E-state index in [0.717, 1.165) is 61.8 Å². The van der Waals surface area contributed by atoms with Crippen molar-refractivity contribution in [2.45, 2.75) is 66.2 Å². The van der Waals surface area contributed by atoms with E-state index in [2.05, 4.69) is 257 Å². The molecule has 0 amide bonds. The first-order chi connectivity index (χ1) is 33.6. The van der Waals surface area contributed by atoms with Crippen LogP contribution in [0.4, 0.5) is 51.2 Å². The van der Waals surface area contributed by atoms with Gasteiger partial charge in [0.2, 0.25) is 0 Å². The lowest BCUT2D eigenvalue weighted by atomic mass is 9.33. The van der Waals surface area contributed by atoms with E-state index in [1.54, 1.807) is 0 Å². The molecule has 0 saturated carbocycles. The fourth-order valence-corrected chi connectivity index (χ4v) is 11.0. The third-order valence-corrected chi connectivity index (χ3v) is 14.7. The molecule has 0 aliphatic carbocycles. The minimum atomic E-state index is -0.0329. The van der Waals surface area contributed by atoms with Crippen molar-refractivity contribution in [1.29, 1.82) is 0 Å². The molecule has 12 rings (SSSR count). The van der Waals surface area contributed by atoms with Gasteiger partial charge in [0.05, 0.1) is 17.1 Å². The van der Waals surface area contributed by atoms with Gasteiger partial charge in [-0.25, -0.2) is 0 Å². The summed E-state index contributed by atoms with van der Waals surface area (Å²) in [4.78, 5) is 7.57. The molecule has 10 aromatic rings. The maximum atomic E-state index is 6.89. The van der Waals surface area contributed by atoms with E-state index in [-0.39, 0.29) is 6.71 Å². The van der Waals surface area contributed by atoms with Crippen LogP contribution in [-0.2, 0) is 0 Å². The number of anilines is 9. The molecule has 5 heteroatoms. The zero-order chi connectivity index (χ0) is 47.1. The smallest absolute Gasteiger partial charge is 0.252 e. The number of nitrogens with zero attached hydrogens (tertiary/aromatic N) is 3. The molecule has 3 heterocycles. The molecule has 4 nitrogen and oxygen atoms in total. The number of furan rings is 1. The minimum Gasteiger partial charge on any atom is -0.454 e. The van der Waals surface area contributed by atoms with Crippen LogP contribution in [0.15, 0.2) is 199 Å². The van der Waals surface area contributed by atoms with Crippen LogP contribution in [0.3, 0.4) is 0 Å². The highest BCUT2D eigenvalue weighted by Gasteiger charge is 2.45. The lowest BCUT2D eigenvalue weighted by Gasteiger charge is -2.45. The second-order valence-electron chi connectivity index (χ2n) is 20.0. The number of para-hydroxylation sites is 4. The zero-order valence-electron chi connectivity index (χ0n) is 40.5. The summed E-state index contributed by atoms with van der Waals surface area (Å²) in [5.74, 6) is 1.10. The van der Waals surface area contributed by atoms with Gasteiger partial charge >= 0.3 is 0 Å². The lowest BCUT2D eigenvalue weighted by Crippen LogP contribution is -2.61. The number of hydrogen-bond donors (Lipinski definition) is 0. The van der Waals surface area contributed by atoms with Gasteiger partial charge in [0.25, 0.3) is 6.71 Å². The van der Waals surface area contributed by atoms with Crippen LogP contribution in [0.25, 0.3) is 33.1 Å². The molecule has 2 aliphatic heterocycles. The van der Waals surface area contributed by atoms with Gasteiger partial charge in [0.1, 0.15) is 5.58 Å². The lowest BCUT2D eigenvalue weighted by molar-refractivity contribution is 0.669. The monoisotopic (exact) mass is 893 g/mol. The van der Waals surface area contributed by atoms with Gasteiger partial charge in [-0.1, -0.05) is 174 Å². The first kappa shape index (κ1) is 42.6. The third kappa shape index (κ3) is 7.05. The minimum absolute atomic E-state index is 0.0329. The fourth-order valence-electron chi connectivity index (χ4n) is 11.0. The Bertz CT molecular complexity index is 3570. The van der Waals surface area contributed by atoms with Gasteiger partial charge in [-0.2, -0.15) is 0 Å². The SMILES string of the molecule is Cc1ccc(-c2ccccc2N2c3cc(C(C)C)ccc3B3c4ccc(C(C)C)cc4N(c4ccc(C(C)C)cc4)c4cc(N(c5ccccc5)c5cccc6c5oc5ccccc56)cc2c43)cc1. The third-order valence-electron chi connectivity index (χ3n) is 14.7. The summed E-state index contributed by atoms with van der Waals surface area (Å²) in [7, 11) is 0. The summed E-state index contributed by atoms with van der Waals surface area (Å²) in [6.07, 6.45) is 0. The largest absolute Gasteiger partial charge is 0.454 e. The molecule has 0 fully saturated rings. The van der Waals surface area contributed by atoms with Gasteiger partial charge in [-0.05, 0) is 130 Å². The van der Waals surface area contributed by atoms with Crippen molar-refractivity contribution in [3.05, 3.63) is 216 Å². The van der Waals surface area contributed by atoms with Gasteiger partial charge in [-0.3, -0.25) is 0 Å². The van der Waals surface area contributed by atoms with E-state index in [9.17, 15) is 0 Å². The Morgan fingerprint density at radius 1 is 0.449 bits per heavy atom. The predicted octanol–water partition coefficient (Wildman–Crippen LogP) is 16.5. The number of aryl methyl sites for hydroxylation is 1. The van der Waals surface area contributed by atoms with Crippen molar-refractivity contribution < 1.29 is 4.42 Å². The average Bonchev–Trinajstić information content (AvgIpc) is 3.76. The van der Waals surface area contributed by atoms with Crippen molar-refractivity contribution in [3.63, 3.8) is 0 Å². The summed E-state index contributed by atoms with van der Waals surface area (Å²) in [6, 6.07) is 72.6. The van der Waals surface area contributed by atoms with Crippen LogP contribution in [0.2, 0.25) is 0 Å². The van der Waals surface area contributed by atoms with Crippen LogP contribution in [0, 0.1) is 6.92 Å². The van der Waals surface area contributed by atoms with E-state index in [1.807, 2.05) is 0 Å². The molecule has 9 aromatic carbocycles. The Hall–Kier alpha value is -7.76. The van der Waals surface area contributed by atoms with Gasteiger partial charge in [0.15, 0.2) is 5.58 Å². The van der Waals surface area contributed by atoms with Gasteiger partial charge in [0, 0.05) is 50.5 Å². The molecule has 0 bridgehead atoms. The molecule has 0 unspecified atom stereocenters. The van der Waals surface area contributed by atoms with Crippen LogP contribution < -0.4 is 31.1 Å². The highest BCUT2D eigenvalue weighted by atomic mass is 16.3. The standard InChI is InChI=1S/C64H56BN3O/c1-40(2)44-28-32-49(33-29-44)67-58-36-46(41(3)4)30-34-54(58)65-55-35-31-47(42(5)6)37-59(55)68(56-21-13-11-18-51(56)45-26-24-43(7)25-27-45)61-39-50(38-60(67)63(61)65)66(48-16-9-8-10-17-48)57-22-15-20-53-52-19-12-14-23-62(52)69-64(53)57/h8-42H,1-7H3. The van der Waals surface area contributed by atoms with Crippen LogP contribution >= 0.6 is 0 Å². The fraction of sp³-hybridized carbons (Fsp3) is 0.156. The number of benzene rings is 9. The van der Waals surface area contributed by atoms with E-state index >= 15 is 0 Å². The zero-order valence-corrected chi connectivity index (χ0v) is 40.5. The Kier molecular flexibility index (Phi) is 10.4. The van der Waals surface area contributed by atoms with Gasteiger partial charge < -0.3 is 19.1 Å². The maximum Gasteiger partial charge on any atom is 0.252 e. The molecule has 0 atom stereocenters. The topological polar surface area (TPSA) is 22.9 Å². The summed E-state index contributed by atoms with van der Waals surface area (Å²) < 4.78 is 6.89. The maximum absolute atomic E-state index is 6.89. The summed E-state index contributed by atoms with van der Waals surface area (Å²) >= 11 is 0. The molecule has 0 saturated heterocycles. The molecule has 0 spiro atoms. The molecule has 2 aliphatic rings. The Morgan fingerprint density at radius 2 is 1.03 bits per heavy atom. The van der Waals surface area contributed by atoms with E-state index in [4.69, 9.17) is 4.42 Å². The van der Waals surface area contributed by atoms with Gasteiger partial charge in [-0.15, -0.1) is 0 Å². The Balaban J connectivity index is 1.23. The van der Waals surface area contributed by atoms with Crippen molar-refractivity contribution in [2.75, 3.05) is 14.7 Å². The summed E-state index contributed by atoms with van der Waals surface area (Å²) in [6.45, 7) is 15.9. The molecule has 0 radical (unpaired) electrons. The van der Waals surface area contributed by atoms with Crippen molar-refractivity contribution in [2.24, 2.45) is 0 Å².